The van der Waals surface area contributed by atoms with Crippen LogP contribution in [-0.2, 0) is 21.2 Å². The zero-order valence-electron chi connectivity index (χ0n) is 18.2. The topological polar surface area (TPSA) is 92.3 Å². The maximum absolute atomic E-state index is 13.1. The zero-order valence-corrected chi connectivity index (χ0v) is 19.0. The quantitative estimate of drug-likeness (QED) is 0.730. The summed E-state index contributed by atoms with van der Waals surface area (Å²) in [5.74, 6) is 2.28. The third-order valence-corrected chi connectivity index (χ3v) is 10.0. The molecule has 1 unspecified atom stereocenters. The predicted molar refractivity (Wildman–Crippen MR) is 118 cm³/mol. The molecule has 7 heteroatoms. The number of carbonyl (C=O) groups is 2. The van der Waals surface area contributed by atoms with E-state index in [1.54, 1.807) is 19.1 Å². The molecular weight excluding hydrogens is 412 g/mol. The maximum atomic E-state index is 13.1. The van der Waals surface area contributed by atoms with Gasteiger partial charge in [-0.05, 0) is 87.3 Å². The normalized spacial score (nSPS) is 37.5. The molecule has 1 aromatic rings. The molecule has 5 aliphatic rings. The lowest BCUT2D eigenvalue weighted by Crippen LogP contribution is -2.53. The van der Waals surface area contributed by atoms with Gasteiger partial charge in [-0.3, -0.25) is 9.59 Å². The predicted octanol–water partition coefficient (Wildman–Crippen LogP) is 2.83. The van der Waals surface area contributed by atoms with Crippen LogP contribution in [0.4, 0.5) is 0 Å². The monoisotopic (exact) mass is 444 g/mol. The van der Waals surface area contributed by atoms with Gasteiger partial charge in [0.05, 0.1) is 17.0 Å². The molecule has 1 aromatic carbocycles. The molecule has 4 bridgehead atoms. The van der Waals surface area contributed by atoms with Crippen molar-refractivity contribution in [3.63, 3.8) is 0 Å². The average Bonchev–Trinajstić information content (AvgIpc) is 2.97. The molecule has 1 heterocycles. The number of amides is 2. The molecule has 1 atom stereocenters. The van der Waals surface area contributed by atoms with Crippen molar-refractivity contribution >= 4 is 21.7 Å². The van der Waals surface area contributed by atoms with Crippen LogP contribution in [0.5, 0.6) is 0 Å². The minimum atomic E-state index is -3.08. The van der Waals surface area contributed by atoms with Gasteiger partial charge in [-0.1, -0.05) is 12.1 Å². The van der Waals surface area contributed by atoms with Crippen molar-refractivity contribution in [2.45, 2.75) is 64.0 Å². The highest BCUT2D eigenvalue weighted by atomic mass is 32.2. The van der Waals surface area contributed by atoms with E-state index in [0.717, 1.165) is 42.6 Å². The van der Waals surface area contributed by atoms with E-state index in [1.807, 2.05) is 12.1 Å². The van der Waals surface area contributed by atoms with Crippen molar-refractivity contribution < 1.29 is 18.0 Å². The van der Waals surface area contributed by atoms with Gasteiger partial charge in [-0.15, -0.1) is 0 Å². The lowest BCUT2D eigenvalue weighted by molar-refractivity contribution is -0.146. The first kappa shape index (κ1) is 21.0. The smallest absolute Gasteiger partial charge is 0.251 e. The lowest BCUT2D eigenvalue weighted by atomic mass is 9.49. The second kappa shape index (κ2) is 7.32. The van der Waals surface area contributed by atoms with Gasteiger partial charge >= 0.3 is 0 Å². The summed E-state index contributed by atoms with van der Waals surface area (Å²) in [5, 5.41) is 6.06. The molecular formula is C24H32N2O4S. The van der Waals surface area contributed by atoms with E-state index in [9.17, 15) is 18.0 Å². The van der Waals surface area contributed by atoms with Gasteiger partial charge < -0.3 is 10.6 Å². The van der Waals surface area contributed by atoms with Gasteiger partial charge in [0.2, 0.25) is 5.91 Å². The Bertz CT molecular complexity index is 966. The largest absolute Gasteiger partial charge is 0.352 e. The number of hydrogen-bond acceptors (Lipinski definition) is 4. The molecule has 6 nitrogen and oxygen atoms in total. The van der Waals surface area contributed by atoms with Gasteiger partial charge in [0, 0.05) is 17.5 Å². The van der Waals surface area contributed by atoms with E-state index in [-0.39, 0.29) is 28.7 Å². The Hall–Kier alpha value is -1.89. The summed E-state index contributed by atoms with van der Waals surface area (Å²) in [6.07, 6.45) is 7.56. The van der Waals surface area contributed by atoms with E-state index in [4.69, 9.17) is 0 Å². The van der Waals surface area contributed by atoms with E-state index in [0.29, 0.717) is 18.5 Å². The van der Waals surface area contributed by atoms with Gasteiger partial charge in [0.1, 0.15) is 0 Å². The molecule has 6 rings (SSSR count). The number of sulfone groups is 1. The van der Waals surface area contributed by atoms with Gasteiger partial charge in [-0.2, -0.15) is 0 Å². The highest BCUT2D eigenvalue weighted by molar-refractivity contribution is 7.91. The summed E-state index contributed by atoms with van der Waals surface area (Å²) >= 11 is 0. The molecule has 31 heavy (non-hydrogen) atoms. The summed E-state index contributed by atoms with van der Waals surface area (Å²) < 4.78 is 23.5. The molecule has 2 amide bonds. The van der Waals surface area contributed by atoms with Crippen molar-refractivity contribution in [2.75, 3.05) is 11.5 Å². The van der Waals surface area contributed by atoms with Crippen molar-refractivity contribution in [3.05, 3.63) is 35.4 Å². The molecule has 4 aliphatic carbocycles. The second-order valence-corrected chi connectivity index (χ2v) is 13.1. The summed E-state index contributed by atoms with van der Waals surface area (Å²) in [6, 6.07) is 7.22. The SMILES string of the molecule is CC1(NC(=O)c2ccc(CNC(=O)C34CC5CC(CC(C5)C3)C4)cc2)CCS(=O)(=O)C1. The molecule has 168 valence electrons. The van der Waals surface area contributed by atoms with Gasteiger partial charge in [0.25, 0.3) is 5.91 Å². The van der Waals surface area contributed by atoms with Crippen molar-refractivity contribution in [1.82, 2.24) is 10.6 Å². The third-order valence-electron chi connectivity index (χ3n) is 8.11. The van der Waals surface area contributed by atoms with Crippen LogP contribution in [0.2, 0.25) is 0 Å². The lowest BCUT2D eigenvalue weighted by Gasteiger charge is -2.55. The van der Waals surface area contributed by atoms with Crippen molar-refractivity contribution in [2.24, 2.45) is 23.2 Å². The first-order chi connectivity index (χ1) is 14.6. The van der Waals surface area contributed by atoms with Crippen LogP contribution in [0.25, 0.3) is 0 Å². The van der Waals surface area contributed by atoms with Crippen LogP contribution in [0.15, 0.2) is 24.3 Å². The average molecular weight is 445 g/mol. The maximum Gasteiger partial charge on any atom is 0.251 e. The van der Waals surface area contributed by atoms with Crippen LogP contribution in [0.1, 0.15) is 67.8 Å². The van der Waals surface area contributed by atoms with Crippen LogP contribution >= 0.6 is 0 Å². The van der Waals surface area contributed by atoms with Crippen LogP contribution in [-0.4, -0.2) is 37.3 Å². The molecule has 5 fully saturated rings. The fourth-order valence-corrected chi connectivity index (χ4v) is 9.08. The molecule has 1 aliphatic heterocycles. The first-order valence-electron chi connectivity index (χ1n) is 11.5. The van der Waals surface area contributed by atoms with E-state index < -0.39 is 15.4 Å². The van der Waals surface area contributed by atoms with Crippen LogP contribution < -0.4 is 10.6 Å². The molecule has 4 saturated carbocycles. The molecule has 1 saturated heterocycles. The van der Waals surface area contributed by atoms with E-state index in [2.05, 4.69) is 10.6 Å². The van der Waals surface area contributed by atoms with Gasteiger partial charge in [-0.25, -0.2) is 8.42 Å². The van der Waals surface area contributed by atoms with E-state index >= 15 is 0 Å². The highest BCUT2D eigenvalue weighted by Crippen LogP contribution is 2.60. The molecule has 2 N–H and O–H groups in total. The van der Waals surface area contributed by atoms with Crippen molar-refractivity contribution in [3.8, 4) is 0 Å². The van der Waals surface area contributed by atoms with E-state index in [1.165, 1.54) is 19.3 Å². The summed E-state index contributed by atoms with van der Waals surface area (Å²) in [7, 11) is -3.08. The Morgan fingerprint density at radius 1 is 1.00 bits per heavy atom. The zero-order chi connectivity index (χ0) is 21.9. The molecule has 0 spiro atoms. The second-order valence-electron chi connectivity index (χ2n) is 10.9. The number of nitrogens with one attached hydrogen (secondary N) is 2. The fourth-order valence-electron chi connectivity index (χ4n) is 6.99. The minimum absolute atomic E-state index is 0.0137. The standard InChI is InChI=1S/C24H32N2O4S/c1-23(6-7-31(29,30)15-23)26-21(27)20-4-2-16(3-5-20)14-25-22(28)24-11-17-8-18(12-24)10-19(9-17)13-24/h2-5,17-19H,6-15H2,1H3,(H,25,28)(H,26,27). The Labute approximate surface area is 184 Å². The summed E-state index contributed by atoms with van der Waals surface area (Å²) in [4.78, 5) is 25.7. The van der Waals surface area contributed by atoms with Gasteiger partial charge in [0.15, 0.2) is 9.84 Å². The summed E-state index contributed by atoms with van der Waals surface area (Å²) in [5.41, 5.74) is 0.609. The number of hydrogen-bond donors (Lipinski definition) is 2. The highest BCUT2D eigenvalue weighted by Gasteiger charge is 2.54. The number of rotatable bonds is 5. The first-order valence-corrected chi connectivity index (χ1v) is 13.4. The Balaban J connectivity index is 1.17. The number of carbonyl (C=O) groups excluding carboxylic acids is 2. The van der Waals surface area contributed by atoms with Crippen LogP contribution in [0, 0.1) is 23.2 Å². The third kappa shape index (κ3) is 4.13. The minimum Gasteiger partial charge on any atom is -0.352 e. The molecule has 0 radical (unpaired) electrons. The Morgan fingerprint density at radius 2 is 1.58 bits per heavy atom. The Kier molecular flexibility index (Phi) is 4.96. The van der Waals surface area contributed by atoms with Crippen molar-refractivity contribution in [1.29, 1.82) is 0 Å². The Morgan fingerprint density at radius 3 is 2.10 bits per heavy atom. The van der Waals surface area contributed by atoms with Crippen LogP contribution in [0.3, 0.4) is 0 Å². The number of benzene rings is 1. The summed E-state index contributed by atoms with van der Waals surface area (Å²) in [6.45, 7) is 2.25. The fraction of sp³-hybridized carbons (Fsp3) is 0.667. The molecule has 0 aromatic heterocycles.